The fraction of sp³-hybridized carbons (Fsp3) is 0.600. The lowest BCUT2D eigenvalue weighted by atomic mass is 9.49. The molecular formula is C20H25N5O. The Bertz CT molecular complexity index is 765. The van der Waals surface area contributed by atoms with Crippen LogP contribution in [0.3, 0.4) is 0 Å². The molecule has 1 aromatic heterocycles. The molecule has 0 saturated heterocycles. The number of nitrogens with zero attached hydrogens (tertiary/aromatic N) is 4. The van der Waals surface area contributed by atoms with Crippen molar-refractivity contribution in [1.29, 1.82) is 0 Å². The summed E-state index contributed by atoms with van der Waals surface area (Å²) in [5, 5.41) is 14.4. The van der Waals surface area contributed by atoms with Crippen LogP contribution < -0.4 is 5.32 Å². The van der Waals surface area contributed by atoms with Gasteiger partial charge in [-0.05, 0) is 90.7 Å². The number of carbonyl (C=O) groups excluding carboxylic acids is 1. The van der Waals surface area contributed by atoms with Crippen molar-refractivity contribution in [2.45, 2.75) is 44.9 Å². The minimum Gasteiger partial charge on any atom is -0.352 e. The van der Waals surface area contributed by atoms with Gasteiger partial charge in [-0.3, -0.25) is 4.79 Å². The number of benzene rings is 1. The number of carbonyl (C=O) groups is 1. The first-order chi connectivity index (χ1) is 12.7. The molecule has 0 radical (unpaired) electrons. The van der Waals surface area contributed by atoms with Gasteiger partial charge < -0.3 is 5.32 Å². The highest BCUT2D eigenvalue weighted by molar-refractivity contribution is 5.97. The standard InChI is InChI=1S/C20H25N5O/c26-19(17-3-1-2-4-18(17)25-13-22-23-24-25)21-6-5-20-10-14-7-15(11-20)9-16(8-14)12-20/h1-4,13-16H,5-12H2,(H,21,26). The van der Waals surface area contributed by atoms with Crippen LogP contribution in [0, 0.1) is 23.2 Å². The fourth-order valence-electron chi connectivity index (χ4n) is 6.27. The highest BCUT2D eigenvalue weighted by atomic mass is 16.1. The van der Waals surface area contributed by atoms with Gasteiger partial charge in [0, 0.05) is 6.54 Å². The van der Waals surface area contributed by atoms with Crippen molar-refractivity contribution in [3.8, 4) is 5.69 Å². The summed E-state index contributed by atoms with van der Waals surface area (Å²) < 4.78 is 1.54. The number of hydrogen-bond acceptors (Lipinski definition) is 4. The van der Waals surface area contributed by atoms with Gasteiger partial charge in [0.05, 0.1) is 11.3 Å². The van der Waals surface area contributed by atoms with Gasteiger partial charge in [-0.25, -0.2) is 0 Å². The molecule has 6 rings (SSSR count). The van der Waals surface area contributed by atoms with Crippen LogP contribution in [0.25, 0.3) is 5.69 Å². The number of nitrogens with one attached hydrogen (secondary N) is 1. The molecular weight excluding hydrogens is 326 g/mol. The molecule has 1 heterocycles. The van der Waals surface area contributed by atoms with Crippen molar-refractivity contribution >= 4 is 5.91 Å². The summed E-state index contributed by atoms with van der Waals surface area (Å²) in [4.78, 5) is 12.8. The summed E-state index contributed by atoms with van der Waals surface area (Å²) in [5.41, 5.74) is 1.83. The van der Waals surface area contributed by atoms with Crippen LogP contribution in [-0.4, -0.2) is 32.7 Å². The third kappa shape index (κ3) is 2.81. The maximum Gasteiger partial charge on any atom is 0.253 e. The van der Waals surface area contributed by atoms with Crippen LogP contribution in [0.5, 0.6) is 0 Å². The van der Waals surface area contributed by atoms with Crippen molar-refractivity contribution in [1.82, 2.24) is 25.5 Å². The van der Waals surface area contributed by atoms with E-state index >= 15 is 0 Å². The topological polar surface area (TPSA) is 72.7 Å². The van der Waals surface area contributed by atoms with E-state index in [0.717, 1.165) is 30.7 Å². The van der Waals surface area contributed by atoms with Gasteiger partial charge in [-0.1, -0.05) is 12.1 Å². The third-order valence-corrected chi connectivity index (χ3v) is 6.85. The van der Waals surface area contributed by atoms with E-state index < -0.39 is 0 Å². The van der Waals surface area contributed by atoms with Crippen LogP contribution >= 0.6 is 0 Å². The van der Waals surface area contributed by atoms with Crippen LogP contribution in [0.2, 0.25) is 0 Å². The Labute approximate surface area is 153 Å². The summed E-state index contributed by atoms with van der Waals surface area (Å²) in [5.74, 6) is 2.83. The van der Waals surface area contributed by atoms with Crippen molar-refractivity contribution in [2.75, 3.05) is 6.54 Å². The molecule has 6 nitrogen and oxygen atoms in total. The molecule has 2 aromatic rings. The molecule has 4 aliphatic rings. The first kappa shape index (κ1) is 16.0. The molecule has 0 atom stereocenters. The number of rotatable bonds is 5. The predicted molar refractivity (Wildman–Crippen MR) is 96.7 cm³/mol. The summed E-state index contributed by atoms with van der Waals surface area (Å²) in [6.45, 7) is 0.759. The highest BCUT2D eigenvalue weighted by Crippen LogP contribution is 2.61. The number of para-hydroxylation sites is 1. The van der Waals surface area contributed by atoms with Crippen molar-refractivity contribution in [2.24, 2.45) is 23.2 Å². The molecule has 4 bridgehead atoms. The lowest BCUT2D eigenvalue weighted by Crippen LogP contribution is -2.47. The molecule has 6 heteroatoms. The molecule has 0 aliphatic heterocycles. The van der Waals surface area contributed by atoms with E-state index in [1.54, 1.807) is 0 Å². The summed E-state index contributed by atoms with van der Waals surface area (Å²) in [6, 6.07) is 7.46. The fourth-order valence-corrected chi connectivity index (χ4v) is 6.27. The Morgan fingerprint density at radius 2 is 1.81 bits per heavy atom. The average Bonchev–Trinajstić information content (AvgIpc) is 3.15. The zero-order chi connectivity index (χ0) is 17.6. The summed E-state index contributed by atoms with van der Waals surface area (Å²) >= 11 is 0. The van der Waals surface area contributed by atoms with Crippen molar-refractivity contribution in [3.63, 3.8) is 0 Å². The Balaban J connectivity index is 1.25. The van der Waals surface area contributed by atoms with Gasteiger partial charge >= 0.3 is 0 Å². The zero-order valence-electron chi connectivity index (χ0n) is 15.0. The average molecular weight is 351 g/mol. The molecule has 4 fully saturated rings. The molecule has 1 aromatic carbocycles. The van der Waals surface area contributed by atoms with E-state index in [1.165, 1.54) is 49.5 Å². The highest BCUT2D eigenvalue weighted by Gasteiger charge is 2.50. The maximum atomic E-state index is 12.8. The van der Waals surface area contributed by atoms with E-state index in [9.17, 15) is 4.79 Å². The number of amides is 1. The minimum atomic E-state index is -0.0409. The largest absolute Gasteiger partial charge is 0.352 e. The monoisotopic (exact) mass is 351 g/mol. The first-order valence-corrected chi connectivity index (χ1v) is 9.81. The zero-order valence-corrected chi connectivity index (χ0v) is 15.0. The van der Waals surface area contributed by atoms with Gasteiger partial charge in [0.25, 0.3) is 5.91 Å². The van der Waals surface area contributed by atoms with Crippen LogP contribution in [0.15, 0.2) is 30.6 Å². The Morgan fingerprint density at radius 3 is 2.46 bits per heavy atom. The lowest BCUT2D eigenvalue weighted by Gasteiger charge is -2.57. The Hall–Kier alpha value is -2.24. The smallest absolute Gasteiger partial charge is 0.253 e. The number of tetrazole rings is 1. The molecule has 1 amide bonds. The second-order valence-corrected chi connectivity index (χ2v) is 8.70. The maximum absolute atomic E-state index is 12.8. The quantitative estimate of drug-likeness (QED) is 0.899. The Kier molecular flexibility index (Phi) is 3.80. The van der Waals surface area contributed by atoms with Gasteiger partial charge in [-0.2, -0.15) is 4.68 Å². The van der Waals surface area contributed by atoms with Crippen LogP contribution in [-0.2, 0) is 0 Å². The second-order valence-electron chi connectivity index (χ2n) is 8.70. The molecule has 26 heavy (non-hydrogen) atoms. The van der Waals surface area contributed by atoms with Gasteiger partial charge in [0.2, 0.25) is 0 Å². The number of aromatic nitrogens is 4. The molecule has 0 spiro atoms. The third-order valence-electron chi connectivity index (χ3n) is 6.85. The lowest BCUT2D eigenvalue weighted by molar-refractivity contribution is -0.0564. The minimum absolute atomic E-state index is 0.0409. The molecule has 0 unspecified atom stereocenters. The van der Waals surface area contributed by atoms with E-state index in [2.05, 4.69) is 20.8 Å². The van der Waals surface area contributed by atoms with Gasteiger partial charge in [-0.15, -0.1) is 5.10 Å². The van der Waals surface area contributed by atoms with Gasteiger partial charge in [0.15, 0.2) is 0 Å². The Morgan fingerprint density at radius 1 is 1.12 bits per heavy atom. The predicted octanol–water partition coefficient (Wildman–Crippen LogP) is 3.00. The van der Waals surface area contributed by atoms with E-state index in [0.29, 0.717) is 16.7 Å². The van der Waals surface area contributed by atoms with Crippen molar-refractivity contribution < 1.29 is 4.79 Å². The summed E-state index contributed by atoms with van der Waals surface area (Å²) in [6.07, 6.45) is 11.2. The van der Waals surface area contributed by atoms with Crippen molar-refractivity contribution in [3.05, 3.63) is 36.2 Å². The van der Waals surface area contributed by atoms with E-state index in [4.69, 9.17) is 0 Å². The normalized spacial score (nSPS) is 31.9. The molecule has 1 N–H and O–H groups in total. The SMILES string of the molecule is O=C(NCCC12CC3CC(CC(C3)C1)C2)c1ccccc1-n1cnnn1. The van der Waals surface area contributed by atoms with Gasteiger partial charge in [0.1, 0.15) is 6.33 Å². The second kappa shape index (κ2) is 6.18. The molecule has 4 aliphatic carbocycles. The summed E-state index contributed by atoms with van der Waals surface area (Å²) in [7, 11) is 0. The first-order valence-electron chi connectivity index (χ1n) is 9.81. The van der Waals surface area contributed by atoms with Crippen LogP contribution in [0.1, 0.15) is 55.3 Å². The molecule has 4 saturated carbocycles. The van der Waals surface area contributed by atoms with E-state index in [-0.39, 0.29) is 5.91 Å². The van der Waals surface area contributed by atoms with E-state index in [1.807, 2.05) is 24.3 Å². The van der Waals surface area contributed by atoms with Crippen LogP contribution in [0.4, 0.5) is 0 Å². The number of hydrogen-bond donors (Lipinski definition) is 1. The molecule has 136 valence electrons.